The lowest BCUT2D eigenvalue weighted by Gasteiger charge is -2.22. The highest BCUT2D eigenvalue weighted by Gasteiger charge is 2.33. The van der Waals surface area contributed by atoms with Gasteiger partial charge in [-0.2, -0.15) is 5.10 Å². The van der Waals surface area contributed by atoms with Gasteiger partial charge in [0.1, 0.15) is 0 Å². The van der Waals surface area contributed by atoms with Gasteiger partial charge >= 0.3 is 5.97 Å². The molecule has 3 aromatic rings. The smallest absolute Gasteiger partial charge is 0.303 e. The molecule has 3 heterocycles. The van der Waals surface area contributed by atoms with E-state index in [1.54, 1.807) is 23.7 Å². The van der Waals surface area contributed by atoms with Gasteiger partial charge in [0.05, 0.1) is 34.1 Å². The maximum absolute atomic E-state index is 12.6. The Labute approximate surface area is 159 Å². The highest BCUT2D eigenvalue weighted by Crippen LogP contribution is 2.35. The SMILES string of the molecule is O=C(O)CCC(=O)N1N=C(c2cccs2)CC1c1ccc2nccnc2c1. The molecule has 0 aliphatic carbocycles. The van der Waals surface area contributed by atoms with Crippen molar-refractivity contribution >= 4 is 40.0 Å². The van der Waals surface area contributed by atoms with Crippen LogP contribution in [-0.4, -0.2) is 37.7 Å². The second-order valence-corrected chi connectivity index (χ2v) is 7.13. The number of hydrogen-bond donors (Lipinski definition) is 1. The molecule has 136 valence electrons. The van der Waals surface area contributed by atoms with E-state index < -0.39 is 5.97 Å². The van der Waals surface area contributed by atoms with Gasteiger partial charge in [-0.05, 0) is 29.1 Å². The lowest BCUT2D eigenvalue weighted by molar-refractivity contribution is -0.141. The van der Waals surface area contributed by atoms with Gasteiger partial charge in [0, 0.05) is 25.2 Å². The number of hydrogen-bond acceptors (Lipinski definition) is 6. The predicted molar refractivity (Wildman–Crippen MR) is 101 cm³/mol. The molecule has 0 radical (unpaired) electrons. The van der Waals surface area contributed by atoms with Gasteiger partial charge in [-0.25, -0.2) is 5.01 Å². The Balaban J connectivity index is 1.67. The zero-order valence-electron chi connectivity index (χ0n) is 14.3. The minimum Gasteiger partial charge on any atom is -0.481 e. The summed E-state index contributed by atoms with van der Waals surface area (Å²) in [6.45, 7) is 0. The van der Waals surface area contributed by atoms with Crippen LogP contribution in [0.3, 0.4) is 0 Å². The Bertz CT molecular complexity index is 1030. The van der Waals surface area contributed by atoms with Crippen LogP contribution in [0.25, 0.3) is 11.0 Å². The second kappa shape index (κ2) is 7.24. The third-order valence-corrected chi connectivity index (χ3v) is 5.32. The van der Waals surface area contributed by atoms with Crippen LogP contribution in [-0.2, 0) is 9.59 Å². The molecule has 0 bridgehead atoms. The molecule has 1 atom stereocenters. The minimum atomic E-state index is -0.998. The first-order chi connectivity index (χ1) is 13.1. The van der Waals surface area contributed by atoms with Crippen molar-refractivity contribution in [2.75, 3.05) is 0 Å². The molecule has 2 aromatic heterocycles. The number of carbonyl (C=O) groups is 2. The van der Waals surface area contributed by atoms with Crippen LogP contribution in [0.2, 0.25) is 0 Å². The van der Waals surface area contributed by atoms with E-state index in [0.29, 0.717) is 6.42 Å². The van der Waals surface area contributed by atoms with E-state index in [0.717, 1.165) is 27.2 Å². The molecule has 0 spiro atoms. The fraction of sp³-hybridized carbons (Fsp3) is 0.211. The van der Waals surface area contributed by atoms with E-state index >= 15 is 0 Å². The number of nitrogens with zero attached hydrogens (tertiary/aromatic N) is 4. The fourth-order valence-electron chi connectivity index (χ4n) is 3.11. The summed E-state index contributed by atoms with van der Waals surface area (Å²) in [7, 11) is 0. The molecule has 0 saturated carbocycles. The van der Waals surface area contributed by atoms with Gasteiger partial charge in [0.2, 0.25) is 5.91 Å². The number of fused-ring (bicyclic) bond motifs is 1. The van der Waals surface area contributed by atoms with Gasteiger partial charge in [0.25, 0.3) is 0 Å². The van der Waals surface area contributed by atoms with E-state index in [2.05, 4.69) is 15.1 Å². The Morgan fingerprint density at radius 1 is 1.15 bits per heavy atom. The summed E-state index contributed by atoms with van der Waals surface area (Å²) >= 11 is 1.57. The van der Waals surface area contributed by atoms with E-state index in [9.17, 15) is 9.59 Å². The number of aromatic nitrogens is 2. The van der Waals surface area contributed by atoms with Gasteiger partial charge in [0.15, 0.2) is 0 Å². The molecule has 0 saturated heterocycles. The molecule has 1 aliphatic heterocycles. The summed E-state index contributed by atoms with van der Waals surface area (Å²) < 4.78 is 0. The number of hydrazone groups is 1. The van der Waals surface area contributed by atoms with E-state index in [-0.39, 0.29) is 24.8 Å². The Kier molecular flexibility index (Phi) is 4.64. The highest BCUT2D eigenvalue weighted by atomic mass is 32.1. The maximum atomic E-state index is 12.6. The molecule has 1 unspecified atom stereocenters. The van der Waals surface area contributed by atoms with Crippen LogP contribution in [0.15, 0.2) is 53.2 Å². The number of thiophene rings is 1. The molecule has 1 amide bonds. The quantitative estimate of drug-likeness (QED) is 0.733. The topological polar surface area (TPSA) is 95.8 Å². The summed E-state index contributed by atoms with van der Waals surface area (Å²) in [5.74, 6) is -1.30. The van der Waals surface area contributed by atoms with Crippen molar-refractivity contribution < 1.29 is 14.7 Å². The van der Waals surface area contributed by atoms with E-state index in [1.807, 2.05) is 35.7 Å². The average Bonchev–Trinajstić information content (AvgIpc) is 3.35. The molecule has 27 heavy (non-hydrogen) atoms. The van der Waals surface area contributed by atoms with Crippen molar-refractivity contribution in [3.63, 3.8) is 0 Å². The molecule has 4 rings (SSSR count). The third-order valence-electron chi connectivity index (χ3n) is 4.40. The summed E-state index contributed by atoms with van der Waals surface area (Å²) in [5.41, 5.74) is 3.26. The number of carboxylic acids is 1. The minimum absolute atomic E-state index is 0.0829. The first kappa shape index (κ1) is 17.3. The zero-order valence-corrected chi connectivity index (χ0v) is 15.1. The van der Waals surface area contributed by atoms with Crippen molar-refractivity contribution in [1.82, 2.24) is 15.0 Å². The van der Waals surface area contributed by atoms with Crippen LogP contribution in [0.1, 0.15) is 35.7 Å². The van der Waals surface area contributed by atoms with Crippen LogP contribution in [0.5, 0.6) is 0 Å². The molecule has 7 nitrogen and oxygen atoms in total. The van der Waals surface area contributed by atoms with E-state index in [1.165, 1.54) is 5.01 Å². The van der Waals surface area contributed by atoms with Crippen LogP contribution < -0.4 is 0 Å². The lowest BCUT2D eigenvalue weighted by Crippen LogP contribution is -2.27. The Morgan fingerprint density at radius 2 is 1.96 bits per heavy atom. The van der Waals surface area contributed by atoms with Crippen molar-refractivity contribution in [3.8, 4) is 0 Å². The van der Waals surface area contributed by atoms with Crippen molar-refractivity contribution in [1.29, 1.82) is 0 Å². The number of amides is 1. The summed E-state index contributed by atoms with van der Waals surface area (Å²) in [5, 5.41) is 16.8. The van der Waals surface area contributed by atoms with Crippen molar-refractivity contribution in [2.45, 2.75) is 25.3 Å². The molecule has 1 aliphatic rings. The van der Waals surface area contributed by atoms with Crippen molar-refractivity contribution in [2.24, 2.45) is 5.10 Å². The summed E-state index contributed by atoms with van der Waals surface area (Å²) in [6, 6.07) is 9.34. The molecular weight excluding hydrogens is 364 g/mol. The number of benzene rings is 1. The monoisotopic (exact) mass is 380 g/mol. The summed E-state index contributed by atoms with van der Waals surface area (Å²) in [6.07, 6.45) is 3.54. The highest BCUT2D eigenvalue weighted by molar-refractivity contribution is 7.12. The fourth-order valence-corrected chi connectivity index (χ4v) is 3.83. The van der Waals surface area contributed by atoms with Crippen LogP contribution >= 0.6 is 11.3 Å². The molecule has 0 fully saturated rings. The first-order valence-electron chi connectivity index (χ1n) is 8.47. The lowest BCUT2D eigenvalue weighted by atomic mass is 10.00. The molecule has 1 aromatic carbocycles. The standard InChI is InChI=1S/C19H16N4O3S/c24-18(5-6-19(25)26)23-16(11-15(22-23)17-2-1-9-27-17)12-3-4-13-14(10-12)21-8-7-20-13/h1-4,7-10,16H,5-6,11H2,(H,25,26). The van der Waals surface area contributed by atoms with Gasteiger partial charge in [-0.3, -0.25) is 19.6 Å². The summed E-state index contributed by atoms with van der Waals surface area (Å²) in [4.78, 5) is 33.1. The third kappa shape index (κ3) is 3.56. The Hall–Kier alpha value is -3.13. The van der Waals surface area contributed by atoms with E-state index in [4.69, 9.17) is 5.11 Å². The number of carboxylic acid groups (broad SMARTS) is 1. The van der Waals surface area contributed by atoms with Crippen LogP contribution in [0.4, 0.5) is 0 Å². The number of rotatable bonds is 5. The molecular formula is C19H16N4O3S. The normalized spacial score (nSPS) is 16.5. The van der Waals surface area contributed by atoms with Gasteiger partial charge < -0.3 is 5.11 Å². The number of carbonyl (C=O) groups excluding carboxylic acids is 1. The van der Waals surface area contributed by atoms with Gasteiger partial charge in [-0.15, -0.1) is 11.3 Å². The zero-order chi connectivity index (χ0) is 18.8. The predicted octanol–water partition coefficient (Wildman–Crippen LogP) is 3.23. The average molecular weight is 380 g/mol. The Morgan fingerprint density at radius 3 is 2.70 bits per heavy atom. The van der Waals surface area contributed by atoms with Crippen LogP contribution in [0, 0.1) is 0 Å². The number of aliphatic carboxylic acids is 1. The first-order valence-corrected chi connectivity index (χ1v) is 9.35. The van der Waals surface area contributed by atoms with Gasteiger partial charge in [-0.1, -0.05) is 12.1 Å². The largest absolute Gasteiger partial charge is 0.481 e. The second-order valence-electron chi connectivity index (χ2n) is 6.18. The molecule has 1 N–H and O–H groups in total. The molecule has 8 heteroatoms. The van der Waals surface area contributed by atoms with Crippen molar-refractivity contribution in [3.05, 3.63) is 58.5 Å². The maximum Gasteiger partial charge on any atom is 0.303 e.